The van der Waals surface area contributed by atoms with Gasteiger partial charge < -0.3 is 4.98 Å². The van der Waals surface area contributed by atoms with Crippen molar-refractivity contribution in [2.24, 2.45) is 0 Å². The van der Waals surface area contributed by atoms with E-state index in [-0.39, 0.29) is 14.9 Å². The van der Waals surface area contributed by atoms with Crippen molar-refractivity contribution in [2.45, 2.75) is 42.5 Å². The molecule has 11 heavy (non-hydrogen) atoms. The molecule has 0 unspecified atom stereocenters. The van der Waals surface area contributed by atoms with Crippen molar-refractivity contribution in [3.8, 4) is 0 Å². The molecule has 0 fully saturated rings. The molecule has 0 aromatic carbocycles. The van der Waals surface area contributed by atoms with Crippen LogP contribution >= 0.6 is 0 Å². The number of hydrogen-bond donors (Lipinski definition) is 1. The van der Waals surface area contributed by atoms with Crippen LogP contribution in [0, 0.1) is 27.7 Å². The molecule has 0 saturated carbocycles. The van der Waals surface area contributed by atoms with Crippen LogP contribution in [0.1, 0.15) is 37.4 Å². The van der Waals surface area contributed by atoms with Gasteiger partial charge in [-0.3, -0.25) is 0 Å². The van der Waals surface area contributed by atoms with E-state index in [0.717, 1.165) is 0 Å². The van der Waals surface area contributed by atoms with Crippen molar-refractivity contribution >= 4 is 0 Å². The second-order valence-electron chi connectivity index (χ2n) is 2.62. The van der Waals surface area contributed by atoms with Crippen molar-refractivity contribution in [1.82, 2.24) is 4.98 Å². The summed E-state index contributed by atoms with van der Waals surface area (Å²) in [7, 11) is 0. The van der Waals surface area contributed by atoms with E-state index in [4.69, 9.17) is 0 Å². The SMILES string of the molecule is C.C.Cc1[nH]c(C)c(C)c1C. The number of aromatic nitrogens is 1. The molecular formula is C10H21N. The van der Waals surface area contributed by atoms with Gasteiger partial charge in [0.2, 0.25) is 0 Å². The van der Waals surface area contributed by atoms with Crippen LogP contribution in [0.4, 0.5) is 0 Å². The molecule has 0 radical (unpaired) electrons. The average molecular weight is 155 g/mol. The summed E-state index contributed by atoms with van der Waals surface area (Å²) in [5, 5.41) is 0. The second kappa shape index (κ2) is 4.22. The molecule has 1 rings (SSSR count). The summed E-state index contributed by atoms with van der Waals surface area (Å²) in [6.45, 7) is 8.51. The first-order valence-corrected chi connectivity index (χ1v) is 3.25. The first-order valence-electron chi connectivity index (χ1n) is 3.25. The Morgan fingerprint density at radius 1 is 0.727 bits per heavy atom. The maximum Gasteiger partial charge on any atom is 0.0150 e. The van der Waals surface area contributed by atoms with Crippen LogP contribution in [-0.2, 0) is 0 Å². The predicted molar refractivity (Wildman–Crippen MR) is 53.2 cm³/mol. The smallest absolute Gasteiger partial charge is 0.0150 e. The lowest BCUT2D eigenvalue weighted by Crippen LogP contribution is -1.73. The minimum Gasteiger partial charge on any atom is -0.362 e. The van der Waals surface area contributed by atoms with Gasteiger partial charge in [0.15, 0.2) is 0 Å². The molecule has 0 atom stereocenters. The van der Waals surface area contributed by atoms with Crippen molar-refractivity contribution < 1.29 is 0 Å². The van der Waals surface area contributed by atoms with Gasteiger partial charge in [-0.2, -0.15) is 0 Å². The highest BCUT2D eigenvalue weighted by atomic mass is 14.7. The Hall–Kier alpha value is -0.720. The van der Waals surface area contributed by atoms with E-state index in [1.807, 2.05) is 0 Å². The van der Waals surface area contributed by atoms with Gasteiger partial charge in [-0.1, -0.05) is 14.9 Å². The summed E-state index contributed by atoms with van der Waals surface area (Å²) < 4.78 is 0. The predicted octanol–water partition coefficient (Wildman–Crippen LogP) is 3.52. The topological polar surface area (TPSA) is 15.8 Å². The Morgan fingerprint density at radius 3 is 1.09 bits per heavy atom. The van der Waals surface area contributed by atoms with E-state index in [1.54, 1.807) is 0 Å². The molecule has 1 heterocycles. The van der Waals surface area contributed by atoms with Crippen molar-refractivity contribution in [3.05, 3.63) is 22.5 Å². The molecule has 1 aromatic rings. The van der Waals surface area contributed by atoms with Crippen molar-refractivity contribution in [2.75, 3.05) is 0 Å². The third kappa shape index (κ3) is 2.11. The molecule has 1 N–H and O–H groups in total. The molecule has 0 amide bonds. The van der Waals surface area contributed by atoms with Crippen LogP contribution in [0.5, 0.6) is 0 Å². The van der Waals surface area contributed by atoms with Gasteiger partial charge in [0, 0.05) is 11.4 Å². The molecule has 66 valence electrons. The summed E-state index contributed by atoms with van der Waals surface area (Å²) >= 11 is 0. The molecule has 0 saturated heterocycles. The fourth-order valence-electron chi connectivity index (χ4n) is 1.03. The Balaban J connectivity index is 0. The van der Waals surface area contributed by atoms with Crippen LogP contribution in [0.25, 0.3) is 0 Å². The van der Waals surface area contributed by atoms with E-state index in [0.29, 0.717) is 0 Å². The number of aryl methyl sites for hydroxylation is 2. The zero-order chi connectivity index (χ0) is 7.02. The van der Waals surface area contributed by atoms with Crippen LogP contribution in [0.15, 0.2) is 0 Å². The molecule has 0 aliphatic carbocycles. The summed E-state index contributed by atoms with van der Waals surface area (Å²) in [6.07, 6.45) is 0. The van der Waals surface area contributed by atoms with E-state index in [1.165, 1.54) is 22.5 Å². The van der Waals surface area contributed by atoms with Crippen molar-refractivity contribution in [3.63, 3.8) is 0 Å². The van der Waals surface area contributed by atoms with Gasteiger partial charge in [-0.25, -0.2) is 0 Å². The number of aromatic amines is 1. The van der Waals surface area contributed by atoms with E-state index >= 15 is 0 Å². The lowest BCUT2D eigenvalue weighted by molar-refractivity contribution is 1.17. The monoisotopic (exact) mass is 155 g/mol. The fourth-order valence-corrected chi connectivity index (χ4v) is 1.03. The third-order valence-corrected chi connectivity index (χ3v) is 2.06. The Morgan fingerprint density at radius 2 is 1.00 bits per heavy atom. The van der Waals surface area contributed by atoms with Gasteiger partial charge in [0.1, 0.15) is 0 Å². The highest BCUT2D eigenvalue weighted by Crippen LogP contribution is 2.14. The highest BCUT2D eigenvalue weighted by molar-refractivity contribution is 5.32. The minimum absolute atomic E-state index is 0. The van der Waals surface area contributed by atoms with E-state index in [9.17, 15) is 0 Å². The lowest BCUT2D eigenvalue weighted by atomic mass is 10.2. The first-order chi connectivity index (χ1) is 4.13. The summed E-state index contributed by atoms with van der Waals surface area (Å²) in [5.41, 5.74) is 5.38. The van der Waals surface area contributed by atoms with Gasteiger partial charge >= 0.3 is 0 Å². The van der Waals surface area contributed by atoms with Gasteiger partial charge in [-0.05, 0) is 38.8 Å². The summed E-state index contributed by atoms with van der Waals surface area (Å²) in [4.78, 5) is 3.28. The number of H-pyrrole nitrogens is 1. The molecule has 1 heteroatoms. The molecular weight excluding hydrogens is 134 g/mol. The largest absolute Gasteiger partial charge is 0.362 e. The first kappa shape index (κ1) is 12.9. The quantitative estimate of drug-likeness (QED) is 0.590. The molecule has 1 nitrogen and oxygen atoms in total. The fraction of sp³-hybridized carbons (Fsp3) is 0.600. The Bertz CT molecular complexity index is 199. The lowest BCUT2D eigenvalue weighted by Gasteiger charge is -1.88. The number of hydrogen-bond acceptors (Lipinski definition) is 0. The summed E-state index contributed by atoms with van der Waals surface area (Å²) in [6, 6.07) is 0. The van der Waals surface area contributed by atoms with E-state index in [2.05, 4.69) is 32.7 Å². The molecule has 0 aliphatic heterocycles. The molecule has 0 spiro atoms. The average Bonchev–Trinajstić information content (AvgIpc) is 1.98. The van der Waals surface area contributed by atoms with E-state index < -0.39 is 0 Å². The molecule has 0 bridgehead atoms. The standard InChI is InChI=1S/C8H13N.2CH4/c1-5-6(2)8(4)9-7(5)3;;/h9H,1-4H3;2*1H4. The maximum atomic E-state index is 3.28. The Labute approximate surface area is 70.8 Å². The Kier molecular flexibility index (Phi) is 4.95. The van der Waals surface area contributed by atoms with Gasteiger partial charge in [-0.15, -0.1) is 0 Å². The van der Waals surface area contributed by atoms with Crippen LogP contribution in [0.3, 0.4) is 0 Å². The molecule has 1 aromatic heterocycles. The van der Waals surface area contributed by atoms with Crippen LogP contribution in [0.2, 0.25) is 0 Å². The zero-order valence-corrected chi connectivity index (χ0v) is 6.50. The van der Waals surface area contributed by atoms with Crippen LogP contribution < -0.4 is 0 Å². The number of nitrogens with one attached hydrogen (secondary N) is 1. The number of rotatable bonds is 0. The molecule has 0 aliphatic rings. The third-order valence-electron chi connectivity index (χ3n) is 2.06. The van der Waals surface area contributed by atoms with Crippen molar-refractivity contribution in [1.29, 1.82) is 0 Å². The zero-order valence-electron chi connectivity index (χ0n) is 6.50. The second-order valence-corrected chi connectivity index (χ2v) is 2.62. The van der Waals surface area contributed by atoms with Crippen LogP contribution in [-0.4, -0.2) is 4.98 Å². The minimum atomic E-state index is 0. The maximum absolute atomic E-state index is 3.28. The normalized spacial score (nSPS) is 8.36. The summed E-state index contributed by atoms with van der Waals surface area (Å²) in [5.74, 6) is 0. The highest BCUT2D eigenvalue weighted by Gasteiger charge is 2.00. The van der Waals surface area contributed by atoms with Gasteiger partial charge in [0.05, 0.1) is 0 Å². The van der Waals surface area contributed by atoms with Gasteiger partial charge in [0.25, 0.3) is 0 Å².